The van der Waals surface area contributed by atoms with E-state index in [1.165, 1.54) is 14.2 Å². The van der Waals surface area contributed by atoms with E-state index in [4.69, 9.17) is 14.2 Å². The van der Waals surface area contributed by atoms with Crippen molar-refractivity contribution < 1.29 is 33.7 Å². The van der Waals surface area contributed by atoms with Crippen molar-refractivity contribution in [2.75, 3.05) is 33.1 Å². The summed E-state index contributed by atoms with van der Waals surface area (Å²) < 4.78 is 14.7. The van der Waals surface area contributed by atoms with Gasteiger partial charge in [0.15, 0.2) is 4.75 Å². The van der Waals surface area contributed by atoms with Gasteiger partial charge in [-0.15, -0.1) is 11.8 Å². The normalized spacial score (nSPS) is 29.5. The summed E-state index contributed by atoms with van der Waals surface area (Å²) >= 11 is 1.09. The predicted octanol–water partition coefficient (Wildman–Crippen LogP) is 0.550. The topological polar surface area (TPSA) is 111 Å². The van der Waals surface area contributed by atoms with Crippen LogP contribution in [0.4, 0.5) is 0 Å². The van der Waals surface area contributed by atoms with Crippen LogP contribution in [-0.4, -0.2) is 72.5 Å². The maximum absolute atomic E-state index is 12.8. The Kier molecular flexibility index (Phi) is 6.30. The molecule has 0 aromatic heterocycles. The lowest BCUT2D eigenvalue weighted by atomic mass is 9.74. The van der Waals surface area contributed by atoms with Crippen LogP contribution >= 0.6 is 11.8 Å². The van der Waals surface area contributed by atoms with Gasteiger partial charge in [-0.1, -0.05) is 30.4 Å². The third-order valence-corrected chi connectivity index (χ3v) is 6.67. The molecule has 29 heavy (non-hydrogen) atoms. The first-order valence-corrected chi connectivity index (χ1v) is 10.0. The Labute approximate surface area is 172 Å². The summed E-state index contributed by atoms with van der Waals surface area (Å²) in [5, 5.41) is 12.1. The molecule has 3 rings (SSSR count). The molecule has 2 heterocycles. The van der Waals surface area contributed by atoms with Crippen LogP contribution < -0.4 is 5.32 Å². The van der Waals surface area contributed by atoms with Crippen LogP contribution in [0.1, 0.15) is 10.4 Å². The third-order valence-electron chi connectivity index (χ3n) is 5.17. The molecule has 8 nitrogen and oxygen atoms in total. The zero-order chi connectivity index (χ0) is 21.1. The SMILES string of the molecule is COC(=O)[C@H]1[C@@](SCCO)(C(=O)OC)[C@H]2C=C[C@]1(CNC(=O)c1ccccc1)O2. The van der Waals surface area contributed by atoms with Gasteiger partial charge in [0.05, 0.1) is 27.4 Å². The minimum absolute atomic E-state index is 0.0358. The summed E-state index contributed by atoms with van der Waals surface area (Å²) in [6.07, 6.45) is 2.62. The summed E-state index contributed by atoms with van der Waals surface area (Å²) in [4.78, 5) is 38.1. The molecule has 0 radical (unpaired) electrons. The summed E-state index contributed by atoms with van der Waals surface area (Å²) in [6, 6.07) is 8.63. The second kappa shape index (κ2) is 8.56. The van der Waals surface area contributed by atoms with Crippen molar-refractivity contribution in [2.45, 2.75) is 16.5 Å². The Morgan fingerprint density at radius 2 is 1.93 bits per heavy atom. The molecule has 1 fully saturated rings. The lowest BCUT2D eigenvalue weighted by molar-refractivity contribution is -0.156. The number of methoxy groups -OCH3 is 2. The molecule has 4 atom stereocenters. The van der Waals surface area contributed by atoms with Gasteiger partial charge in [-0.3, -0.25) is 14.4 Å². The molecule has 0 unspecified atom stereocenters. The third kappa shape index (κ3) is 3.54. The summed E-state index contributed by atoms with van der Waals surface area (Å²) in [6.45, 7) is -0.225. The van der Waals surface area contributed by atoms with Crippen LogP contribution in [-0.2, 0) is 23.8 Å². The molecule has 1 aromatic carbocycles. The van der Waals surface area contributed by atoms with E-state index in [1.54, 1.807) is 42.5 Å². The largest absolute Gasteiger partial charge is 0.469 e. The van der Waals surface area contributed by atoms with Gasteiger partial charge in [-0.05, 0) is 12.1 Å². The fourth-order valence-corrected chi connectivity index (χ4v) is 5.31. The number of ether oxygens (including phenoxy) is 3. The highest BCUT2D eigenvalue weighted by atomic mass is 32.2. The zero-order valence-electron chi connectivity index (χ0n) is 16.1. The van der Waals surface area contributed by atoms with Gasteiger partial charge in [-0.2, -0.15) is 0 Å². The second-order valence-electron chi connectivity index (χ2n) is 6.71. The first-order valence-electron chi connectivity index (χ1n) is 9.06. The minimum Gasteiger partial charge on any atom is -0.469 e. The van der Waals surface area contributed by atoms with Crippen molar-refractivity contribution in [2.24, 2.45) is 5.92 Å². The Bertz CT molecular complexity index is 814. The van der Waals surface area contributed by atoms with Crippen LogP contribution in [0.15, 0.2) is 42.5 Å². The van der Waals surface area contributed by atoms with Crippen molar-refractivity contribution in [3.05, 3.63) is 48.0 Å². The maximum Gasteiger partial charge on any atom is 0.326 e. The average Bonchev–Trinajstić information content (AvgIpc) is 3.31. The van der Waals surface area contributed by atoms with Crippen molar-refractivity contribution in [1.82, 2.24) is 5.32 Å². The number of aliphatic hydroxyl groups excluding tert-OH is 1. The second-order valence-corrected chi connectivity index (χ2v) is 8.09. The molecule has 0 aliphatic carbocycles. The lowest BCUT2D eigenvalue weighted by Gasteiger charge is -2.38. The van der Waals surface area contributed by atoms with E-state index in [0.717, 1.165) is 11.8 Å². The van der Waals surface area contributed by atoms with E-state index < -0.39 is 34.3 Å². The number of carbonyl (C=O) groups is 3. The number of aliphatic hydroxyl groups is 1. The first-order chi connectivity index (χ1) is 13.9. The molecule has 156 valence electrons. The Morgan fingerprint density at radius 1 is 1.21 bits per heavy atom. The molecule has 9 heteroatoms. The molecule has 1 saturated heterocycles. The molecule has 2 aliphatic heterocycles. The number of esters is 2. The zero-order valence-corrected chi connectivity index (χ0v) is 16.9. The Hall–Kier alpha value is -2.36. The van der Waals surface area contributed by atoms with E-state index in [9.17, 15) is 19.5 Å². The van der Waals surface area contributed by atoms with Gasteiger partial charge in [-0.25, -0.2) is 0 Å². The van der Waals surface area contributed by atoms with E-state index in [0.29, 0.717) is 5.56 Å². The lowest BCUT2D eigenvalue weighted by Crippen LogP contribution is -2.58. The van der Waals surface area contributed by atoms with Crippen LogP contribution in [0, 0.1) is 5.92 Å². The summed E-state index contributed by atoms with van der Waals surface area (Å²) in [5.41, 5.74) is -0.803. The van der Waals surface area contributed by atoms with Gasteiger partial charge in [0.1, 0.15) is 17.6 Å². The minimum atomic E-state index is -1.42. The molecule has 2 N–H and O–H groups in total. The Balaban J connectivity index is 1.93. The van der Waals surface area contributed by atoms with E-state index in [-0.39, 0.29) is 24.8 Å². The highest BCUT2D eigenvalue weighted by molar-refractivity contribution is 8.01. The maximum atomic E-state index is 12.8. The van der Waals surface area contributed by atoms with Gasteiger partial charge in [0.25, 0.3) is 5.91 Å². The molecule has 0 saturated carbocycles. The number of rotatable bonds is 8. The van der Waals surface area contributed by atoms with Crippen LogP contribution in [0.25, 0.3) is 0 Å². The number of amides is 1. The number of hydrogen-bond acceptors (Lipinski definition) is 8. The monoisotopic (exact) mass is 421 g/mol. The van der Waals surface area contributed by atoms with Gasteiger partial charge in [0.2, 0.25) is 0 Å². The number of fused-ring (bicyclic) bond motifs is 2. The van der Waals surface area contributed by atoms with Crippen molar-refractivity contribution in [3.8, 4) is 0 Å². The molecule has 2 bridgehead atoms. The van der Waals surface area contributed by atoms with Crippen molar-refractivity contribution >= 4 is 29.6 Å². The van der Waals surface area contributed by atoms with Crippen LogP contribution in [0.5, 0.6) is 0 Å². The molecule has 1 amide bonds. The van der Waals surface area contributed by atoms with Crippen molar-refractivity contribution in [1.29, 1.82) is 0 Å². The number of hydrogen-bond donors (Lipinski definition) is 2. The Morgan fingerprint density at radius 3 is 2.55 bits per heavy atom. The summed E-state index contributed by atoms with van der Waals surface area (Å²) in [7, 11) is 2.46. The molecule has 0 spiro atoms. The van der Waals surface area contributed by atoms with Crippen LogP contribution in [0.3, 0.4) is 0 Å². The highest BCUT2D eigenvalue weighted by Crippen LogP contribution is 2.56. The molecular formula is C20H23NO7S. The average molecular weight is 421 g/mol. The number of carbonyl (C=O) groups excluding carboxylic acids is 3. The molecule has 2 aliphatic rings. The fraction of sp³-hybridized carbons (Fsp3) is 0.450. The van der Waals surface area contributed by atoms with Crippen molar-refractivity contribution in [3.63, 3.8) is 0 Å². The van der Waals surface area contributed by atoms with E-state index in [2.05, 4.69) is 5.32 Å². The predicted molar refractivity (Wildman–Crippen MR) is 105 cm³/mol. The standard InChI is InChI=1S/C20H23NO7S/c1-26-17(24)15-19(12-21-16(23)13-6-4-3-5-7-13)9-8-14(28-19)20(15,18(25)27-2)29-11-10-22/h3-9,14-15,22H,10-12H2,1-2H3,(H,21,23)/t14-,15-,19-,20-/m1/s1. The number of nitrogens with one attached hydrogen (secondary N) is 1. The smallest absolute Gasteiger partial charge is 0.326 e. The first kappa shape index (κ1) is 21.4. The fourth-order valence-electron chi connectivity index (χ4n) is 3.92. The van der Waals surface area contributed by atoms with E-state index >= 15 is 0 Å². The molecular weight excluding hydrogens is 398 g/mol. The van der Waals surface area contributed by atoms with E-state index in [1.807, 2.05) is 0 Å². The van der Waals surface area contributed by atoms with Crippen LogP contribution in [0.2, 0.25) is 0 Å². The molecule has 1 aromatic rings. The van der Waals surface area contributed by atoms with Gasteiger partial charge < -0.3 is 24.6 Å². The summed E-state index contributed by atoms with van der Waals surface area (Å²) in [5.74, 6) is -2.49. The number of benzene rings is 1. The van der Waals surface area contributed by atoms with Gasteiger partial charge >= 0.3 is 11.9 Å². The quantitative estimate of drug-likeness (QED) is 0.463. The van der Waals surface area contributed by atoms with Gasteiger partial charge in [0, 0.05) is 11.3 Å². The highest BCUT2D eigenvalue weighted by Gasteiger charge is 2.72. The number of thioether (sulfide) groups is 1.